The molecule has 1 saturated heterocycles. The summed E-state index contributed by atoms with van der Waals surface area (Å²) >= 11 is 7.32. The summed E-state index contributed by atoms with van der Waals surface area (Å²) in [6.45, 7) is 5.10. The van der Waals surface area contributed by atoms with E-state index in [0.717, 1.165) is 34.2 Å². The highest BCUT2D eigenvalue weighted by Crippen LogP contribution is 2.33. The van der Waals surface area contributed by atoms with Crippen LogP contribution in [0.2, 0.25) is 5.02 Å². The number of amides is 1. The van der Waals surface area contributed by atoms with Crippen molar-refractivity contribution in [1.29, 1.82) is 0 Å². The number of aromatic nitrogens is 1. The Kier molecular flexibility index (Phi) is 6.86. The van der Waals surface area contributed by atoms with Crippen LogP contribution < -0.4 is 4.90 Å². The molecule has 3 aromatic rings. The van der Waals surface area contributed by atoms with Gasteiger partial charge in [-0.3, -0.25) is 9.69 Å². The molecule has 0 radical (unpaired) electrons. The van der Waals surface area contributed by atoms with Crippen molar-refractivity contribution in [3.8, 4) is 0 Å². The number of halogens is 1. The van der Waals surface area contributed by atoms with Gasteiger partial charge in [0.2, 0.25) is 5.91 Å². The van der Waals surface area contributed by atoms with Gasteiger partial charge in [0.05, 0.1) is 33.5 Å². The predicted octanol–water partition coefficient (Wildman–Crippen LogP) is 4.94. The molecule has 32 heavy (non-hydrogen) atoms. The summed E-state index contributed by atoms with van der Waals surface area (Å²) in [5.74, 6) is -0.551. The number of fused-ring (bicyclic) bond motifs is 1. The topological polar surface area (TPSA) is 76.6 Å². The van der Waals surface area contributed by atoms with E-state index < -0.39 is 9.84 Å². The van der Waals surface area contributed by atoms with Crippen molar-refractivity contribution in [3.05, 3.63) is 52.5 Å². The molecule has 1 amide bonds. The van der Waals surface area contributed by atoms with Crippen LogP contribution in [0.3, 0.4) is 0 Å². The van der Waals surface area contributed by atoms with Crippen LogP contribution in [0, 0.1) is 13.8 Å². The smallest absolute Gasteiger partial charge is 0.229 e. The Morgan fingerprint density at radius 1 is 1.25 bits per heavy atom. The predicted molar refractivity (Wildman–Crippen MR) is 129 cm³/mol. The first-order chi connectivity index (χ1) is 15.2. The molecule has 1 atom stereocenters. The molecule has 2 aromatic carbocycles. The van der Waals surface area contributed by atoms with Crippen molar-refractivity contribution in [2.24, 2.45) is 0 Å². The van der Waals surface area contributed by atoms with E-state index in [1.807, 2.05) is 19.9 Å². The maximum atomic E-state index is 13.2. The minimum Gasteiger partial charge on any atom is -0.376 e. The van der Waals surface area contributed by atoms with Gasteiger partial charge in [0.1, 0.15) is 0 Å². The standard InChI is InChI=1S/C23H25ClN2O4S2/c1-15-12-16(2)22-20(13-15)25-23(31-22)26(14-18-4-3-10-30-18)21(27)9-11-32(28,29)19-7-5-17(24)6-8-19/h5-8,12-13,18H,3-4,9-11,14H2,1-2H3. The molecule has 1 aliphatic rings. The number of aryl methyl sites for hydroxylation is 2. The number of sulfone groups is 1. The Morgan fingerprint density at radius 2 is 2.00 bits per heavy atom. The van der Waals surface area contributed by atoms with Gasteiger partial charge in [0.25, 0.3) is 0 Å². The van der Waals surface area contributed by atoms with E-state index in [2.05, 4.69) is 6.07 Å². The third-order valence-electron chi connectivity index (χ3n) is 5.51. The quantitative estimate of drug-likeness (QED) is 0.466. The molecule has 2 heterocycles. The van der Waals surface area contributed by atoms with Crippen molar-refractivity contribution >= 4 is 54.0 Å². The number of carbonyl (C=O) groups is 1. The maximum absolute atomic E-state index is 13.2. The van der Waals surface area contributed by atoms with Gasteiger partial charge in [0, 0.05) is 18.1 Å². The van der Waals surface area contributed by atoms with Crippen LogP contribution in [0.1, 0.15) is 30.4 Å². The van der Waals surface area contributed by atoms with Gasteiger partial charge in [-0.15, -0.1) is 0 Å². The van der Waals surface area contributed by atoms with Crippen molar-refractivity contribution in [2.75, 3.05) is 23.8 Å². The number of hydrogen-bond donors (Lipinski definition) is 0. The second kappa shape index (κ2) is 9.47. The van der Waals surface area contributed by atoms with Crippen LogP contribution >= 0.6 is 22.9 Å². The zero-order chi connectivity index (χ0) is 22.9. The summed E-state index contributed by atoms with van der Waals surface area (Å²) in [7, 11) is -3.61. The van der Waals surface area contributed by atoms with Crippen LogP contribution in [-0.2, 0) is 19.4 Å². The first-order valence-electron chi connectivity index (χ1n) is 10.5. The summed E-state index contributed by atoms with van der Waals surface area (Å²) in [6.07, 6.45) is 1.62. The molecule has 0 N–H and O–H groups in total. The lowest BCUT2D eigenvalue weighted by Gasteiger charge is -2.23. The largest absolute Gasteiger partial charge is 0.376 e. The fourth-order valence-electron chi connectivity index (χ4n) is 3.88. The van der Waals surface area contributed by atoms with Gasteiger partial charge in [-0.2, -0.15) is 0 Å². The molecule has 1 fully saturated rings. The van der Waals surface area contributed by atoms with Crippen LogP contribution in [0.25, 0.3) is 10.2 Å². The lowest BCUT2D eigenvalue weighted by Crippen LogP contribution is -2.38. The first kappa shape index (κ1) is 23.2. The number of anilines is 1. The van der Waals surface area contributed by atoms with Crippen LogP contribution in [0.5, 0.6) is 0 Å². The molecule has 1 unspecified atom stereocenters. The van der Waals surface area contributed by atoms with Gasteiger partial charge in [-0.05, 0) is 68.1 Å². The molecule has 170 valence electrons. The Hall–Kier alpha value is -2.00. The van der Waals surface area contributed by atoms with Crippen LogP contribution in [-0.4, -0.2) is 44.3 Å². The molecule has 6 nitrogen and oxygen atoms in total. The average Bonchev–Trinajstić information content (AvgIpc) is 3.40. The van der Waals surface area contributed by atoms with Crippen molar-refractivity contribution in [2.45, 2.75) is 44.1 Å². The van der Waals surface area contributed by atoms with Crippen molar-refractivity contribution < 1.29 is 17.9 Å². The summed E-state index contributed by atoms with van der Waals surface area (Å²) in [4.78, 5) is 19.7. The zero-order valence-electron chi connectivity index (χ0n) is 18.0. The molecule has 0 aliphatic carbocycles. The lowest BCUT2D eigenvalue weighted by atomic mass is 10.1. The summed E-state index contributed by atoms with van der Waals surface area (Å²) in [5, 5.41) is 1.04. The third-order valence-corrected chi connectivity index (χ3v) is 8.72. The highest BCUT2D eigenvalue weighted by Gasteiger charge is 2.28. The minimum atomic E-state index is -3.61. The fourth-order valence-corrected chi connectivity index (χ4v) is 6.27. The molecule has 4 rings (SSSR count). The third kappa shape index (κ3) is 5.14. The number of benzene rings is 2. The number of hydrogen-bond acceptors (Lipinski definition) is 6. The first-order valence-corrected chi connectivity index (χ1v) is 13.4. The summed E-state index contributed by atoms with van der Waals surface area (Å²) in [6, 6.07) is 10.1. The molecule has 1 aromatic heterocycles. The SMILES string of the molecule is Cc1cc(C)c2sc(N(CC3CCCO3)C(=O)CCS(=O)(=O)c3ccc(Cl)cc3)nc2c1. The maximum Gasteiger partial charge on any atom is 0.229 e. The normalized spacial score (nSPS) is 16.5. The Labute approximate surface area is 197 Å². The summed E-state index contributed by atoms with van der Waals surface area (Å²) < 4.78 is 32.2. The van der Waals surface area contributed by atoms with E-state index in [9.17, 15) is 13.2 Å². The van der Waals surface area contributed by atoms with E-state index in [-0.39, 0.29) is 29.1 Å². The van der Waals surface area contributed by atoms with E-state index >= 15 is 0 Å². The molecule has 0 spiro atoms. The highest BCUT2D eigenvalue weighted by atomic mass is 35.5. The molecular weight excluding hydrogens is 468 g/mol. The molecule has 9 heteroatoms. The van der Waals surface area contributed by atoms with Gasteiger partial charge in [-0.1, -0.05) is 29.0 Å². The molecular formula is C23H25ClN2O4S2. The Balaban J connectivity index is 1.58. The van der Waals surface area contributed by atoms with Gasteiger partial charge < -0.3 is 4.74 Å². The number of carbonyl (C=O) groups excluding carboxylic acids is 1. The number of nitrogens with zero attached hydrogens (tertiary/aromatic N) is 2. The number of rotatable bonds is 7. The number of thiazole rings is 1. The second-order valence-corrected chi connectivity index (χ2v) is 11.6. The monoisotopic (exact) mass is 492 g/mol. The zero-order valence-corrected chi connectivity index (χ0v) is 20.4. The van der Waals surface area contributed by atoms with E-state index in [0.29, 0.717) is 23.3 Å². The fraction of sp³-hybridized carbons (Fsp3) is 0.391. The van der Waals surface area contributed by atoms with Crippen molar-refractivity contribution in [1.82, 2.24) is 4.98 Å². The summed E-state index contributed by atoms with van der Waals surface area (Å²) in [5.41, 5.74) is 3.07. The minimum absolute atomic E-state index is 0.0679. The van der Waals surface area contributed by atoms with E-state index in [1.54, 1.807) is 4.90 Å². The highest BCUT2D eigenvalue weighted by molar-refractivity contribution is 7.91. The lowest BCUT2D eigenvalue weighted by molar-refractivity contribution is -0.118. The van der Waals surface area contributed by atoms with E-state index in [4.69, 9.17) is 21.3 Å². The van der Waals surface area contributed by atoms with Crippen LogP contribution in [0.15, 0.2) is 41.3 Å². The molecule has 0 bridgehead atoms. The Morgan fingerprint density at radius 3 is 2.69 bits per heavy atom. The molecule has 1 aliphatic heterocycles. The van der Waals surface area contributed by atoms with Crippen LogP contribution in [0.4, 0.5) is 5.13 Å². The molecule has 0 saturated carbocycles. The second-order valence-electron chi connectivity index (χ2n) is 8.09. The number of ether oxygens (including phenoxy) is 1. The average molecular weight is 493 g/mol. The van der Waals surface area contributed by atoms with E-state index in [1.165, 1.54) is 35.6 Å². The van der Waals surface area contributed by atoms with Gasteiger partial charge in [0.15, 0.2) is 15.0 Å². The van der Waals surface area contributed by atoms with Gasteiger partial charge >= 0.3 is 0 Å². The van der Waals surface area contributed by atoms with Crippen molar-refractivity contribution in [3.63, 3.8) is 0 Å². The van der Waals surface area contributed by atoms with Gasteiger partial charge in [-0.25, -0.2) is 13.4 Å². The Bertz CT molecular complexity index is 1230.